The Morgan fingerprint density at radius 3 is 2.62 bits per heavy atom. The predicted octanol–water partition coefficient (Wildman–Crippen LogP) is 1.75. The number of piperazine rings is 1. The van der Waals surface area contributed by atoms with Gasteiger partial charge in [-0.05, 0) is 42.4 Å². The summed E-state index contributed by atoms with van der Waals surface area (Å²) in [6, 6.07) is 13.0. The van der Waals surface area contributed by atoms with Crippen LogP contribution in [0.2, 0.25) is 0 Å². The minimum atomic E-state index is -3.76. The van der Waals surface area contributed by atoms with Gasteiger partial charge >= 0.3 is 0 Å². The van der Waals surface area contributed by atoms with Crippen molar-refractivity contribution >= 4 is 48.6 Å². The SMILES string of the molecule is CN1CCN(C(=O)c2cccc(-c3ccc4nc(C(c5nnc(CNS(=O)[O-])o5)S(C)(=O)=O)sc4c3)c2)CC1. The first-order valence-electron chi connectivity index (χ1n) is 11.9. The van der Waals surface area contributed by atoms with Crippen LogP contribution in [0.3, 0.4) is 0 Å². The lowest BCUT2D eigenvalue weighted by Crippen LogP contribution is -2.47. The molecule has 1 amide bonds. The average Bonchev–Trinajstić information content (AvgIpc) is 3.53. The van der Waals surface area contributed by atoms with E-state index in [0.717, 1.165) is 35.2 Å². The van der Waals surface area contributed by atoms with E-state index in [4.69, 9.17) is 4.42 Å². The van der Waals surface area contributed by atoms with Crippen LogP contribution < -0.4 is 4.72 Å². The van der Waals surface area contributed by atoms with Gasteiger partial charge in [-0.1, -0.05) is 18.2 Å². The molecule has 2 aromatic carbocycles. The highest BCUT2D eigenvalue weighted by molar-refractivity contribution is 7.91. The summed E-state index contributed by atoms with van der Waals surface area (Å²) >= 11 is -1.35. The van der Waals surface area contributed by atoms with Crippen LogP contribution in [0, 0.1) is 0 Å². The number of fused-ring (bicyclic) bond motifs is 1. The number of likely N-dealkylation sites (N-methyl/N-ethyl adjacent to an activating group) is 1. The molecule has 2 atom stereocenters. The maximum atomic E-state index is 13.1. The van der Waals surface area contributed by atoms with Crippen molar-refractivity contribution in [3.8, 4) is 11.1 Å². The number of nitrogens with one attached hydrogen (secondary N) is 1. The minimum Gasteiger partial charge on any atom is -0.760 e. The van der Waals surface area contributed by atoms with E-state index in [-0.39, 0.29) is 29.2 Å². The van der Waals surface area contributed by atoms with Gasteiger partial charge in [-0.25, -0.2) is 18.1 Å². The second kappa shape index (κ2) is 11.2. The summed E-state index contributed by atoms with van der Waals surface area (Å²) in [6.07, 6.45) is 1.05. The lowest BCUT2D eigenvalue weighted by atomic mass is 10.0. The van der Waals surface area contributed by atoms with E-state index in [1.165, 1.54) is 11.3 Å². The lowest BCUT2D eigenvalue weighted by molar-refractivity contribution is 0.0664. The van der Waals surface area contributed by atoms with Gasteiger partial charge < -0.3 is 18.8 Å². The highest BCUT2D eigenvalue weighted by atomic mass is 32.2. The van der Waals surface area contributed by atoms with E-state index in [0.29, 0.717) is 24.2 Å². The van der Waals surface area contributed by atoms with E-state index < -0.39 is 26.4 Å². The summed E-state index contributed by atoms with van der Waals surface area (Å²) in [5.74, 6) is -0.268. The molecule has 0 spiro atoms. The fourth-order valence-corrected chi connectivity index (χ4v) is 7.07. The van der Waals surface area contributed by atoms with Crippen molar-refractivity contribution in [3.63, 3.8) is 0 Å². The third kappa shape index (κ3) is 6.23. The molecular formula is C24H25N6O6S3-. The van der Waals surface area contributed by atoms with Gasteiger partial charge in [0.25, 0.3) is 5.91 Å². The molecular weight excluding hydrogens is 565 g/mol. The number of carbonyl (C=O) groups is 1. The number of nitrogens with zero attached hydrogens (tertiary/aromatic N) is 5. The van der Waals surface area contributed by atoms with Crippen LogP contribution in [0.15, 0.2) is 46.9 Å². The highest BCUT2D eigenvalue weighted by Gasteiger charge is 2.34. The first-order valence-corrected chi connectivity index (χ1v) is 15.8. The molecule has 206 valence electrons. The smallest absolute Gasteiger partial charge is 0.253 e. The molecule has 39 heavy (non-hydrogen) atoms. The summed E-state index contributed by atoms with van der Waals surface area (Å²) in [5, 5.41) is 6.52. The number of aromatic nitrogens is 3. The second-order valence-electron chi connectivity index (χ2n) is 9.21. The molecule has 0 aliphatic carbocycles. The standard InChI is InChI=1S/C24H26N6O6S3/c1-29-8-10-30(11-9-29)24(31)17-5-3-4-15(12-17)16-6-7-18-19(13-16)37-23(26-18)21(39(2,34)35)22-28-27-20(36-22)14-25-38(32)33/h3-7,12-13,21,25H,8-11,14H2,1-2H3,(H,32,33)/p-1. The van der Waals surface area contributed by atoms with E-state index in [9.17, 15) is 22.0 Å². The van der Waals surface area contributed by atoms with Crippen LogP contribution in [0.25, 0.3) is 21.3 Å². The summed E-state index contributed by atoms with van der Waals surface area (Å²) in [6.45, 7) is 2.79. The van der Waals surface area contributed by atoms with Crippen LogP contribution >= 0.6 is 11.3 Å². The minimum absolute atomic E-state index is 0.00211. The maximum absolute atomic E-state index is 13.1. The normalized spacial score (nSPS) is 16.4. The molecule has 1 saturated heterocycles. The molecule has 0 radical (unpaired) electrons. The predicted molar refractivity (Wildman–Crippen MR) is 145 cm³/mol. The molecule has 2 unspecified atom stereocenters. The highest BCUT2D eigenvalue weighted by Crippen LogP contribution is 2.36. The van der Waals surface area contributed by atoms with E-state index in [1.54, 1.807) is 6.07 Å². The zero-order chi connectivity index (χ0) is 27.7. The third-order valence-electron chi connectivity index (χ3n) is 6.34. The van der Waals surface area contributed by atoms with Gasteiger partial charge in [0.15, 0.2) is 15.1 Å². The van der Waals surface area contributed by atoms with Crippen LogP contribution in [0.1, 0.15) is 32.4 Å². The van der Waals surface area contributed by atoms with Crippen LogP contribution in [-0.4, -0.2) is 87.6 Å². The van der Waals surface area contributed by atoms with Crippen molar-refractivity contribution in [3.05, 3.63) is 64.8 Å². The molecule has 3 heterocycles. The largest absolute Gasteiger partial charge is 0.760 e. The number of carbonyl (C=O) groups excluding carboxylic acids is 1. The molecule has 1 N–H and O–H groups in total. The summed E-state index contributed by atoms with van der Waals surface area (Å²) < 4.78 is 55.2. The monoisotopic (exact) mass is 589 g/mol. The van der Waals surface area contributed by atoms with Crippen molar-refractivity contribution in [2.45, 2.75) is 11.8 Å². The number of amides is 1. The molecule has 4 aromatic rings. The maximum Gasteiger partial charge on any atom is 0.253 e. The van der Waals surface area contributed by atoms with Gasteiger partial charge in [-0.2, -0.15) is 0 Å². The molecule has 0 bridgehead atoms. The first-order chi connectivity index (χ1) is 18.6. The van der Waals surface area contributed by atoms with Crippen LogP contribution in [0.5, 0.6) is 0 Å². The Labute approximate surface area is 231 Å². The Morgan fingerprint density at radius 2 is 1.90 bits per heavy atom. The van der Waals surface area contributed by atoms with Crippen LogP contribution in [-0.2, 0) is 27.6 Å². The number of sulfone groups is 1. The Bertz CT molecular complexity index is 1640. The molecule has 2 aromatic heterocycles. The number of thiazole rings is 1. The zero-order valence-corrected chi connectivity index (χ0v) is 23.5. The fraction of sp³-hybridized carbons (Fsp3) is 0.333. The van der Waals surface area contributed by atoms with Gasteiger partial charge in [0.05, 0.1) is 16.8 Å². The molecule has 12 nitrogen and oxygen atoms in total. The number of hydrogen-bond donors (Lipinski definition) is 1. The van der Waals surface area contributed by atoms with E-state index in [1.807, 2.05) is 48.3 Å². The van der Waals surface area contributed by atoms with Crippen molar-refractivity contribution < 1.29 is 26.4 Å². The van der Waals surface area contributed by atoms with Crippen molar-refractivity contribution in [1.29, 1.82) is 0 Å². The Hall–Kier alpha value is -3.08. The van der Waals surface area contributed by atoms with Gasteiger partial charge in [0.2, 0.25) is 11.8 Å². The molecule has 0 saturated carbocycles. The first kappa shape index (κ1) is 27.5. The quantitative estimate of drug-likeness (QED) is 0.300. The Balaban J connectivity index is 1.43. The van der Waals surface area contributed by atoms with Crippen LogP contribution in [0.4, 0.5) is 0 Å². The fourth-order valence-electron chi connectivity index (χ4n) is 4.29. The second-order valence-corrected chi connectivity index (χ2v) is 13.2. The Kier molecular flexibility index (Phi) is 7.89. The summed E-state index contributed by atoms with van der Waals surface area (Å²) in [5.41, 5.74) is 2.93. The third-order valence-corrected chi connectivity index (χ3v) is 9.23. The number of hydrogen-bond acceptors (Lipinski definition) is 11. The van der Waals surface area contributed by atoms with Crippen molar-refractivity contribution in [2.24, 2.45) is 0 Å². The van der Waals surface area contributed by atoms with Gasteiger partial charge in [0.1, 0.15) is 5.01 Å². The molecule has 15 heteroatoms. The van der Waals surface area contributed by atoms with Gasteiger partial charge in [0, 0.05) is 49.3 Å². The molecule has 1 aliphatic heterocycles. The molecule has 1 aliphatic rings. The van der Waals surface area contributed by atoms with Crippen molar-refractivity contribution in [2.75, 3.05) is 39.5 Å². The summed E-state index contributed by atoms with van der Waals surface area (Å²) in [7, 11) is -1.72. The zero-order valence-electron chi connectivity index (χ0n) is 21.1. The molecule has 5 rings (SSSR count). The summed E-state index contributed by atoms with van der Waals surface area (Å²) in [4.78, 5) is 21.7. The van der Waals surface area contributed by atoms with Gasteiger partial charge in [-0.3, -0.25) is 9.00 Å². The number of rotatable bonds is 8. The number of benzene rings is 2. The topological polar surface area (TPSA) is 162 Å². The van der Waals surface area contributed by atoms with Crippen molar-refractivity contribution in [1.82, 2.24) is 29.7 Å². The average molecular weight is 590 g/mol. The lowest BCUT2D eigenvalue weighted by Gasteiger charge is -2.32. The van der Waals surface area contributed by atoms with E-state index in [2.05, 4.69) is 24.8 Å². The molecule has 1 fully saturated rings. The van der Waals surface area contributed by atoms with E-state index >= 15 is 0 Å². The Morgan fingerprint density at radius 1 is 1.15 bits per heavy atom. The van der Waals surface area contributed by atoms with Gasteiger partial charge in [-0.15, -0.1) is 21.5 Å².